The maximum Gasteiger partial charge on any atom is 0.330 e. The molecule has 2 aliphatic rings. The van der Waals surface area contributed by atoms with Gasteiger partial charge in [0.2, 0.25) is 5.91 Å². The number of amides is 1. The van der Waals surface area contributed by atoms with E-state index in [1.807, 2.05) is 13.0 Å². The second kappa shape index (κ2) is 5.76. The zero-order chi connectivity index (χ0) is 15.7. The Balaban J connectivity index is 1.61. The number of Topliss-reactive ketones (excluding diaryl/α,β-unsaturated/α-hetero) is 1. The van der Waals surface area contributed by atoms with Crippen molar-refractivity contribution in [3.8, 4) is 0 Å². The van der Waals surface area contributed by atoms with E-state index in [1.165, 1.54) is 0 Å². The molecule has 116 valence electrons. The summed E-state index contributed by atoms with van der Waals surface area (Å²) < 4.78 is 5.15. The minimum Gasteiger partial charge on any atom is -0.456 e. The van der Waals surface area contributed by atoms with Crippen LogP contribution in [0.1, 0.15) is 30.1 Å². The lowest BCUT2D eigenvalue weighted by molar-refractivity contribution is -0.152. The molecular formula is C16H17NO4S. The molecule has 2 fully saturated rings. The molecule has 0 bridgehead atoms. The molecule has 3 rings (SSSR count). The fraction of sp³-hybridized carbons (Fsp3) is 0.438. The maximum atomic E-state index is 12.2. The molecule has 2 atom stereocenters. The summed E-state index contributed by atoms with van der Waals surface area (Å²) in [6.07, 6.45) is 1.22. The van der Waals surface area contributed by atoms with E-state index in [2.05, 4.69) is 0 Å². The predicted octanol–water partition coefficient (Wildman–Crippen LogP) is 1.87. The molecule has 0 radical (unpaired) electrons. The Hall–Kier alpha value is -1.82. The monoisotopic (exact) mass is 319 g/mol. The zero-order valence-corrected chi connectivity index (χ0v) is 13.1. The van der Waals surface area contributed by atoms with Crippen molar-refractivity contribution in [3.05, 3.63) is 35.9 Å². The highest BCUT2D eigenvalue weighted by molar-refractivity contribution is 8.01. The Labute approximate surface area is 133 Å². The fourth-order valence-corrected chi connectivity index (χ4v) is 4.35. The summed E-state index contributed by atoms with van der Waals surface area (Å²) in [7, 11) is 0. The van der Waals surface area contributed by atoms with Gasteiger partial charge in [-0.05, 0) is 13.3 Å². The first kappa shape index (κ1) is 15.1. The van der Waals surface area contributed by atoms with E-state index in [4.69, 9.17) is 4.74 Å². The van der Waals surface area contributed by atoms with E-state index in [0.29, 0.717) is 17.7 Å². The van der Waals surface area contributed by atoms with E-state index < -0.39 is 12.0 Å². The lowest BCUT2D eigenvalue weighted by atomic mass is 10.1. The van der Waals surface area contributed by atoms with E-state index in [0.717, 1.165) is 6.42 Å². The number of carbonyl (C=O) groups is 3. The van der Waals surface area contributed by atoms with Crippen LogP contribution in [0.2, 0.25) is 0 Å². The van der Waals surface area contributed by atoms with Crippen LogP contribution in [0.15, 0.2) is 30.3 Å². The van der Waals surface area contributed by atoms with Crippen LogP contribution in [-0.4, -0.2) is 45.8 Å². The van der Waals surface area contributed by atoms with Gasteiger partial charge >= 0.3 is 5.97 Å². The normalized spacial score (nSPS) is 26.9. The highest BCUT2D eigenvalue weighted by Gasteiger charge is 2.53. The number of rotatable bonds is 4. The molecule has 6 heteroatoms. The van der Waals surface area contributed by atoms with Gasteiger partial charge in [0, 0.05) is 17.7 Å². The van der Waals surface area contributed by atoms with Gasteiger partial charge < -0.3 is 9.64 Å². The van der Waals surface area contributed by atoms with Crippen molar-refractivity contribution in [2.45, 2.75) is 30.7 Å². The van der Waals surface area contributed by atoms with Gasteiger partial charge in [0.1, 0.15) is 6.04 Å². The molecule has 0 aromatic heterocycles. The molecule has 1 aromatic carbocycles. The van der Waals surface area contributed by atoms with Gasteiger partial charge in [0.25, 0.3) is 0 Å². The minimum absolute atomic E-state index is 0.0103. The van der Waals surface area contributed by atoms with Gasteiger partial charge in [-0.25, -0.2) is 4.79 Å². The molecule has 0 aliphatic carbocycles. The second-order valence-electron chi connectivity index (χ2n) is 5.66. The first-order valence-electron chi connectivity index (χ1n) is 7.22. The molecular weight excluding hydrogens is 302 g/mol. The minimum atomic E-state index is -0.575. The highest BCUT2D eigenvalue weighted by Crippen LogP contribution is 2.47. The smallest absolute Gasteiger partial charge is 0.330 e. The molecule has 0 saturated carbocycles. The summed E-state index contributed by atoms with van der Waals surface area (Å²) in [6, 6.07) is 8.13. The third-order valence-corrected chi connectivity index (χ3v) is 5.66. The second-order valence-corrected chi connectivity index (χ2v) is 7.16. The number of nitrogens with zero attached hydrogens (tertiary/aromatic N) is 1. The molecule has 0 unspecified atom stereocenters. The first-order chi connectivity index (χ1) is 10.5. The molecule has 1 aromatic rings. The average Bonchev–Trinajstić information content (AvgIpc) is 3.02. The Kier molecular flexibility index (Phi) is 3.95. The Morgan fingerprint density at radius 1 is 1.36 bits per heavy atom. The van der Waals surface area contributed by atoms with Crippen molar-refractivity contribution in [2.24, 2.45) is 0 Å². The number of carbonyl (C=O) groups excluding carboxylic acids is 3. The summed E-state index contributed by atoms with van der Waals surface area (Å²) in [4.78, 5) is 37.5. The van der Waals surface area contributed by atoms with E-state index in [9.17, 15) is 14.4 Å². The van der Waals surface area contributed by atoms with Gasteiger partial charge in [-0.3, -0.25) is 9.59 Å². The molecule has 0 N–H and O–H groups in total. The third kappa shape index (κ3) is 2.63. The largest absolute Gasteiger partial charge is 0.456 e. The summed E-state index contributed by atoms with van der Waals surface area (Å²) in [5.74, 6) is -0.213. The van der Waals surface area contributed by atoms with Crippen LogP contribution in [0, 0.1) is 0 Å². The number of thioether (sulfide) groups is 1. The molecule has 2 heterocycles. The molecule has 22 heavy (non-hydrogen) atoms. The summed E-state index contributed by atoms with van der Waals surface area (Å²) in [5, 5.41) is 0. The van der Waals surface area contributed by atoms with Gasteiger partial charge in [0.05, 0.1) is 4.87 Å². The van der Waals surface area contributed by atoms with Crippen LogP contribution in [0.3, 0.4) is 0 Å². The number of benzene rings is 1. The Bertz CT molecular complexity index is 618. The predicted molar refractivity (Wildman–Crippen MR) is 82.5 cm³/mol. The third-order valence-electron chi connectivity index (χ3n) is 4.16. The lowest BCUT2D eigenvalue weighted by Gasteiger charge is -2.29. The van der Waals surface area contributed by atoms with Crippen molar-refractivity contribution in [1.29, 1.82) is 0 Å². The number of ether oxygens (including phenoxy) is 1. The number of hydrogen-bond acceptors (Lipinski definition) is 5. The number of fused-ring (bicyclic) bond motifs is 1. The van der Waals surface area contributed by atoms with E-state index >= 15 is 0 Å². The van der Waals surface area contributed by atoms with Crippen LogP contribution in [0.4, 0.5) is 0 Å². The number of ketones is 1. The van der Waals surface area contributed by atoms with Crippen molar-refractivity contribution >= 4 is 29.4 Å². The topological polar surface area (TPSA) is 63.7 Å². The number of esters is 1. The van der Waals surface area contributed by atoms with Crippen molar-refractivity contribution in [1.82, 2.24) is 4.90 Å². The molecule has 2 saturated heterocycles. The van der Waals surface area contributed by atoms with E-state index in [1.54, 1.807) is 40.9 Å². The number of hydrogen-bond donors (Lipinski definition) is 0. The fourth-order valence-electron chi connectivity index (χ4n) is 2.94. The van der Waals surface area contributed by atoms with Crippen molar-refractivity contribution in [2.75, 3.05) is 12.4 Å². The maximum absolute atomic E-state index is 12.2. The van der Waals surface area contributed by atoms with Crippen molar-refractivity contribution < 1.29 is 19.1 Å². The SMILES string of the molecule is C[C@]12CCC(=O)N1[C@@H](C(=O)OCC(=O)c1ccccc1)CS2. The van der Waals surface area contributed by atoms with Gasteiger partial charge in [-0.15, -0.1) is 11.8 Å². The van der Waals surface area contributed by atoms with Crippen molar-refractivity contribution in [3.63, 3.8) is 0 Å². The highest BCUT2D eigenvalue weighted by atomic mass is 32.2. The molecule has 0 spiro atoms. The summed E-state index contributed by atoms with van der Waals surface area (Å²) >= 11 is 1.61. The Morgan fingerprint density at radius 2 is 2.09 bits per heavy atom. The molecule has 2 aliphatic heterocycles. The zero-order valence-electron chi connectivity index (χ0n) is 12.3. The standard InChI is InChI=1S/C16H17NO4S/c1-16-8-7-14(19)17(16)12(10-22-16)15(20)21-9-13(18)11-5-3-2-4-6-11/h2-6,12H,7-10H2,1H3/t12-,16+/m1/s1. The summed E-state index contributed by atoms with van der Waals surface area (Å²) in [6.45, 7) is 1.69. The first-order valence-corrected chi connectivity index (χ1v) is 8.21. The molecule has 5 nitrogen and oxygen atoms in total. The van der Waals surface area contributed by atoms with Gasteiger partial charge in [-0.2, -0.15) is 0 Å². The Morgan fingerprint density at radius 3 is 2.82 bits per heavy atom. The van der Waals surface area contributed by atoms with Crippen LogP contribution in [0.5, 0.6) is 0 Å². The van der Waals surface area contributed by atoms with E-state index in [-0.39, 0.29) is 23.2 Å². The average molecular weight is 319 g/mol. The van der Waals surface area contributed by atoms with Crippen LogP contribution >= 0.6 is 11.8 Å². The van der Waals surface area contributed by atoms with Gasteiger partial charge in [0.15, 0.2) is 12.4 Å². The van der Waals surface area contributed by atoms with Gasteiger partial charge in [-0.1, -0.05) is 30.3 Å². The van der Waals surface area contributed by atoms with Crippen LogP contribution in [-0.2, 0) is 14.3 Å². The lowest BCUT2D eigenvalue weighted by Crippen LogP contribution is -2.46. The van der Waals surface area contributed by atoms with Crippen LogP contribution in [0.25, 0.3) is 0 Å². The molecule has 1 amide bonds. The summed E-state index contributed by atoms with van der Waals surface area (Å²) in [5.41, 5.74) is 0.512. The van der Waals surface area contributed by atoms with Crippen LogP contribution < -0.4 is 0 Å². The quantitative estimate of drug-likeness (QED) is 0.626.